The maximum Gasteiger partial charge on any atom is 0.258 e. The molecular formula is C37H45N5O2. The minimum Gasteiger partial charge on any atom is -0.290 e. The van der Waals surface area contributed by atoms with Crippen LogP contribution in [0.15, 0.2) is 78.9 Å². The molecule has 0 radical (unpaired) electrons. The van der Waals surface area contributed by atoms with Gasteiger partial charge in [-0.05, 0) is 48.9 Å². The molecule has 7 heteroatoms. The van der Waals surface area contributed by atoms with E-state index in [1.807, 2.05) is 78.9 Å². The number of nitrogens with zero attached hydrogens (tertiary/aromatic N) is 3. The lowest BCUT2D eigenvalue weighted by atomic mass is 10.00. The zero-order chi connectivity index (χ0) is 31.0. The summed E-state index contributed by atoms with van der Waals surface area (Å²) in [7, 11) is 0. The second-order valence-electron chi connectivity index (χ2n) is 11.2. The van der Waals surface area contributed by atoms with Crippen molar-refractivity contribution in [2.45, 2.75) is 90.9 Å². The lowest BCUT2D eigenvalue weighted by Gasteiger charge is -2.13. The highest BCUT2D eigenvalue weighted by Crippen LogP contribution is 2.21. The molecular weight excluding hydrogens is 546 g/mol. The van der Waals surface area contributed by atoms with Crippen LogP contribution in [0.3, 0.4) is 0 Å². The van der Waals surface area contributed by atoms with Crippen molar-refractivity contribution < 1.29 is 9.59 Å². The number of benzene rings is 3. The normalized spacial score (nSPS) is 10.9. The second-order valence-corrected chi connectivity index (χ2v) is 11.2. The lowest BCUT2D eigenvalue weighted by molar-refractivity contribution is 0.101. The molecule has 1 heterocycles. The van der Waals surface area contributed by atoms with Crippen LogP contribution in [-0.2, 0) is 12.8 Å². The first-order chi connectivity index (χ1) is 21.6. The van der Waals surface area contributed by atoms with Crippen LogP contribution in [0.2, 0.25) is 0 Å². The van der Waals surface area contributed by atoms with Gasteiger partial charge in [-0.3, -0.25) is 20.2 Å². The maximum absolute atomic E-state index is 13.5. The predicted molar refractivity (Wildman–Crippen MR) is 179 cm³/mol. The van der Waals surface area contributed by atoms with Crippen molar-refractivity contribution in [3.63, 3.8) is 0 Å². The van der Waals surface area contributed by atoms with E-state index in [-0.39, 0.29) is 23.7 Å². The van der Waals surface area contributed by atoms with Crippen molar-refractivity contribution in [3.05, 3.63) is 101 Å². The molecule has 230 valence electrons. The van der Waals surface area contributed by atoms with Crippen LogP contribution in [-0.4, -0.2) is 26.8 Å². The summed E-state index contributed by atoms with van der Waals surface area (Å²) >= 11 is 0. The molecule has 2 N–H and O–H groups in total. The summed E-state index contributed by atoms with van der Waals surface area (Å²) in [4.78, 5) is 40.5. The van der Waals surface area contributed by atoms with Gasteiger partial charge in [0.05, 0.1) is 0 Å². The molecule has 3 aromatic carbocycles. The Labute approximate surface area is 262 Å². The Morgan fingerprint density at radius 1 is 0.523 bits per heavy atom. The van der Waals surface area contributed by atoms with E-state index < -0.39 is 0 Å². The van der Waals surface area contributed by atoms with Crippen LogP contribution in [0.5, 0.6) is 0 Å². The average Bonchev–Trinajstić information content (AvgIpc) is 3.05. The maximum atomic E-state index is 13.5. The highest BCUT2D eigenvalue weighted by Gasteiger charge is 2.18. The largest absolute Gasteiger partial charge is 0.290 e. The fourth-order valence-corrected chi connectivity index (χ4v) is 5.30. The predicted octanol–water partition coefficient (Wildman–Crippen LogP) is 9.07. The molecule has 0 spiro atoms. The van der Waals surface area contributed by atoms with Crippen LogP contribution in [0.1, 0.15) is 110 Å². The van der Waals surface area contributed by atoms with E-state index in [0.29, 0.717) is 17.0 Å². The van der Waals surface area contributed by atoms with E-state index in [0.717, 1.165) is 55.2 Å². The standard InChI is InChI=1S/C37H45N5O2/c1-3-5-7-9-12-20-28-22-16-18-26-31(28)34(43)40-36-38-33(30-24-14-11-15-25-30)39-37(42-36)41-35(44)32-27-19-17-23-29(32)21-13-10-8-6-4-2/h11,14-19,22-27H,3-10,12-13,20-21H2,1-2H3,(H2,38,39,40,41,42,43,44). The van der Waals surface area contributed by atoms with Gasteiger partial charge in [0.2, 0.25) is 11.9 Å². The smallest absolute Gasteiger partial charge is 0.258 e. The number of unbranched alkanes of at least 4 members (excludes halogenated alkanes) is 8. The number of aryl methyl sites for hydroxylation is 2. The van der Waals surface area contributed by atoms with E-state index in [2.05, 4.69) is 39.4 Å². The van der Waals surface area contributed by atoms with Gasteiger partial charge in [-0.25, -0.2) is 0 Å². The van der Waals surface area contributed by atoms with Crippen LogP contribution in [0.4, 0.5) is 11.9 Å². The second kappa shape index (κ2) is 17.7. The SMILES string of the molecule is CCCCCCCc1ccccc1C(=O)Nc1nc(NC(=O)c2ccccc2CCCCCCC)nc(-c2ccccc2)n1. The van der Waals surface area contributed by atoms with Crippen molar-refractivity contribution in [2.75, 3.05) is 10.6 Å². The third kappa shape index (κ3) is 9.83. The number of carbonyl (C=O) groups excluding carboxylic acids is 2. The van der Waals surface area contributed by atoms with E-state index >= 15 is 0 Å². The molecule has 4 aromatic rings. The molecule has 0 fully saturated rings. The Balaban J connectivity index is 1.54. The van der Waals surface area contributed by atoms with Gasteiger partial charge < -0.3 is 0 Å². The van der Waals surface area contributed by atoms with Gasteiger partial charge in [-0.2, -0.15) is 15.0 Å². The van der Waals surface area contributed by atoms with E-state index in [1.165, 1.54) is 38.5 Å². The number of hydrogen-bond donors (Lipinski definition) is 2. The van der Waals surface area contributed by atoms with Gasteiger partial charge in [-0.15, -0.1) is 0 Å². The zero-order valence-corrected chi connectivity index (χ0v) is 26.1. The minimum atomic E-state index is -0.287. The van der Waals surface area contributed by atoms with Gasteiger partial charge >= 0.3 is 0 Å². The highest BCUT2D eigenvalue weighted by molar-refractivity contribution is 6.06. The number of amides is 2. The molecule has 0 aliphatic rings. The molecule has 4 rings (SSSR count). The first-order valence-corrected chi connectivity index (χ1v) is 16.2. The summed E-state index contributed by atoms with van der Waals surface area (Å²) in [5.41, 5.74) is 3.95. The van der Waals surface area contributed by atoms with Gasteiger partial charge in [-0.1, -0.05) is 132 Å². The topological polar surface area (TPSA) is 96.9 Å². The summed E-state index contributed by atoms with van der Waals surface area (Å²) in [6, 6.07) is 24.8. The monoisotopic (exact) mass is 591 g/mol. The van der Waals surface area contributed by atoms with Crippen molar-refractivity contribution in [2.24, 2.45) is 0 Å². The van der Waals surface area contributed by atoms with Gasteiger partial charge in [0.15, 0.2) is 5.82 Å². The average molecular weight is 592 g/mol. The number of aromatic nitrogens is 3. The molecule has 0 unspecified atom stereocenters. The van der Waals surface area contributed by atoms with Crippen molar-refractivity contribution in [1.82, 2.24) is 15.0 Å². The fraction of sp³-hybridized carbons (Fsp3) is 0.378. The molecule has 7 nitrogen and oxygen atoms in total. The van der Waals surface area contributed by atoms with Gasteiger partial charge in [0.1, 0.15) is 0 Å². The zero-order valence-electron chi connectivity index (χ0n) is 26.1. The first-order valence-electron chi connectivity index (χ1n) is 16.2. The number of anilines is 2. The Hall–Kier alpha value is -4.39. The number of rotatable bonds is 17. The van der Waals surface area contributed by atoms with E-state index in [9.17, 15) is 9.59 Å². The number of hydrogen-bond acceptors (Lipinski definition) is 5. The van der Waals surface area contributed by atoms with Crippen LogP contribution < -0.4 is 10.6 Å². The lowest BCUT2D eigenvalue weighted by Crippen LogP contribution is -2.20. The van der Waals surface area contributed by atoms with Gasteiger partial charge in [0.25, 0.3) is 11.8 Å². The first kappa shape index (κ1) is 32.5. The van der Waals surface area contributed by atoms with Gasteiger partial charge in [0, 0.05) is 16.7 Å². The summed E-state index contributed by atoms with van der Waals surface area (Å²) in [5, 5.41) is 5.75. The van der Waals surface area contributed by atoms with Crippen LogP contribution in [0.25, 0.3) is 11.4 Å². The van der Waals surface area contributed by atoms with Crippen molar-refractivity contribution in [3.8, 4) is 11.4 Å². The molecule has 0 aliphatic carbocycles. The summed E-state index contributed by atoms with van der Waals surface area (Å²) < 4.78 is 0. The van der Waals surface area contributed by atoms with Crippen LogP contribution >= 0.6 is 0 Å². The summed E-state index contributed by atoms with van der Waals surface area (Å²) in [6.45, 7) is 4.41. The molecule has 0 saturated carbocycles. The van der Waals surface area contributed by atoms with E-state index in [4.69, 9.17) is 0 Å². The van der Waals surface area contributed by atoms with Crippen molar-refractivity contribution in [1.29, 1.82) is 0 Å². The molecule has 0 atom stereocenters. The third-order valence-electron chi connectivity index (χ3n) is 7.74. The minimum absolute atomic E-state index is 0.0844. The van der Waals surface area contributed by atoms with E-state index in [1.54, 1.807) is 0 Å². The molecule has 2 amide bonds. The molecule has 44 heavy (non-hydrogen) atoms. The van der Waals surface area contributed by atoms with Crippen LogP contribution in [0, 0.1) is 0 Å². The third-order valence-corrected chi connectivity index (χ3v) is 7.74. The quantitative estimate of drug-likeness (QED) is 0.119. The summed E-state index contributed by atoms with van der Waals surface area (Å²) in [5.74, 6) is -0.0445. The molecule has 0 aliphatic heterocycles. The fourth-order valence-electron chi connectivity index (χ4n) is 5.30. The Kier molecular flexibility index (Phi) is 13.1. The number of carbonyl (C=O) groups is 2. The van der Waals surface area contributed by atoms with Crippen molar-refractivity contribution >= 4 is 23.7 Å². The molecule has 1 aromatic heterocycles. The highest BCUT2D eigenvalue weighted by atomic mass is 16.2. The Morgan fingerprint density at radius 3 is 1.43 bits per heavy atom. The Bertz CT molecular complexity index is 1400. The Morgan fingerprint density at radius 2 is 0.955 bits per heavy atom. The molecule has 0 bridgehead atoms. The number of nitrogens with one attached hydrogen (secondary N) is 2. The summed E-state index contributed by atoms with van der Waals surface area (Å²) in [6.07, 6.45) is 13.3. The molecule has 0 saturated heterocycles.